The zero-order valence-corrected chi connectivity index (χ0v) is 9.57. The summed E-state index contributed by atoms with van der Waals surface area (Å²) in [5, 5.41) is 3.93. The van der Waals surface area contributed by atoms with Crippen LogP contribution in [0, 0.1) is 0 Å². The molecule has 4 heteroatoms. The number of hydrogen-bond donors (Lipinski definition) is 1. The molecule has 0 aromatic carbocycles. The first-order chi connectivity index (χ1) is 6.83. The van der Waals surface area contributed by atoms with Crippen LogP contribution in [-0.2, 0) is 9.53 Å². The lowest BCUT2D eigenvalue weighted by molar-refractivity contribution is -0.143. The Labute approximate surface area is 90.0 Å². The van der Waals surface area contributed by atoms with Crippen molar-refractivity contribution in [3.63, 3.8) is 0 Å². The van der Waals surface area contributed by atoms with E-state index in [0.29, 0.717) is 13.0 Å². The van der Waals surface area contributed by atoms with Gasteiger partial charge in [0.1, 0.15) is 0 Å². The van der Waals surface area contributed by atoms with Crippen LogP contribution in [-0.4, -0.2) is 36.7 Å². The van der Waals surface area contributed by atoms with Gasteiger partial charge in [0, 0.05) is 24.1 Å². The summed E-state index contributed by atoms with van der Waals surface area (Å²) in [6.45, 7) is 4.86. The third kappa shape index (κ3) is 4.86. The molecule has 1 aliphatic rings. The lowest BCUT2D eigenvalue weighted by Gasteiger charge is -2.26. The van der Waals surface area contributed by atoms with Crippen molar-refractivity contribution in [2.75, 3.05) is 25.4 Å². The van der Waals surface area contributed by atoms with Crippen molar-refractivity contribution in [1.29, 1.82) is 0 Å². The fraction of sp³-hybridized carbons (Fsp3) is 0.900. The van der Waals surface area contributed by atoms with E-state index >= 15 is 0 Å². The highest BCUT2D eigenvalue weighted by Gasteiger charge is 2.16. The van der Waals surface area contributed by atoms with E-state index in [-0.39, 0.29) is 5.97 Å². The van der Waals surface area contributed by atoms with E-state index in [1.165, 1.54) is 0 Å². The molecule has 0 radical (unpaired) electrons. The highest BCUT2D eigenvalue weighted by molar-refractivity contribution is 8.00. The predicted molar refractivity (Wildman–Crippen MR) is 59.6 cm³/mol. The average molecular weight is 217 g/mol. The van der Waals surface area contributed by atoms with Gasteiger partial charge in [0.15, 0.2) is 0 Å². The van der Waals surface area contributed by atoms with Gasteiger partial charge in [-0.15, -0.1) is 0 Å². The molecule has 0 saturated carbocycles. The molecule has 0 unspecified atom stereocenters. The van der Waals surface area contributed by atoms with E-state index in [9.17, 15) is 4.79 Å². The molecule has 0 bridgehead atoms. The zero-order valence-electron chi connectivity index (χ0n) is 8.75. The van der Waals surface area contributed by atoms with Crippen molar-refractivity contribution < 1.29 is 9.53 Å². The van der Waals surface area contributed by atoms with Crippen LogP contribution in [0.5, 0.6) is 0 Å². The van der Waals surface area contributed by atoms with Gasteiger partial charge in [0.2, 0.25) is 0 Å². The van der Waals surface area contributed by atoms with Crippen LogP contribution in [0.1, 0.15) is 26.2 Å². The van der Waals surface area contributed by atoms with Crippen molar-refractivity contribution in [1.82, 2.24) is 5.32 Å². The van der Waals surface area contributed by atoms with E-state index in [0.717, 1.165) is 36.9 Å². The second-order valence-corrected chi connectivity index (χ2v) is 4.88. The molecule has 0 aliphatic carbocycles. The molecule has 82 valence electrons. The van der Waals surface area contributed by atoms with Gasteiger partial charge in [0.25, 0.3) is 0 Å². The number of hydrogen-bond acceptors (Lipinski definition) is 4. The number of esters is 1. The molecule has 14 heavy (non-hydrogen) atoms. The monoisotopic (exact) mass is 217 g/mol. The molecule has 0 spiro atoms. The van der Waals surface area contributed by atoms with Crippen LogP contribution >= 0.6 is 11.8 Å². The second-order valence-electron chi connectivity index (χ2n) is 3.48. The molecule has 1 heterocycles. The molecule has 1 saturated heterocycles. The van der Waals surface area contributed by atoms with Gasteiger partial charge in [-0.1, -0.05) is 13.3 Å². The first-order valence-electron chi connectivity index (χ1n) is 5.31. The molecular formula is C10H19NO2S. The summed E-state index contributed by atoms with van der Waals surface area (Å²) in [7, 11) is 0. The summed E-state index contributed by atoms with van der Waals surface area (Å²) in [5.41, 5.74) is 0. The van der Waals surface area contributed by atoms with Gasteiger partial charge in [0.05, 0.1) is 13.0 Å². The second kappa shape index (κ2) is 7.12. The van der Waals surface area contributed by atoms with Crippen molar-refractivity contribution >= 4 is 17.7 Å². The third-order valence-corrected chi connectivity index (χ3v) is 3.41. The molecule has 0 aromatic heterocycles. The predicted octanol–water partition coefficient (Wildman–Crippen LogP) is 1.42. The van der Waals surface area contributed by atoms with Gasteiger partial charge in [-0.05, 0) is 6.42 Å². The summed E-state index contributed by atoms with van der Waals surface area (Å²) >= 11 is 1.87. The number of unbranched alkanes of at least 4 members (excludes halogenated alkanes) is 1. The van der Waals surface area contributed by atoms with Gasteiger partial charge < -0.3 is 10.1 Å². The fourth-order valence-electron chi connectivity index (χ4n) is 1.09. The van der Waals surface area contributed by atoms with E-state index in [1.54, 1.807) is 0 Å². The standard InChI is InChI=1S/C10H19NO2S/c1-2-3-5-13-10(12)4-6-14-9-7-11-8-9/h9,11H,2-8H2,1H3. The first kappa shape index (κ1) is 11.9. The molecule has 0 aromatic rings. The summed E-state index contributed by atoms with van der Waals surface area (Å²) < 4.78 is 5.05. The summed E-state index contributed by atoms with van der Waals surface area (Å²) in [4.78, 5) is 11.2. The normalized spacial score (nSPS) is 16.4. The Balaban J connectivity index is 1.86. The quantitative estimate of drug-likeness (QED) is 0.517. The maximum absolute atomic E-state index is 11.2. The van der Waals surface area contributed by atoms with Crippen LogP contribution in [0.3, 0.4) is 0 Å². The van der Waals surface area contributed by atoms with Crippen molar-refractivity contribution in [2.45, 2.75) is 31.4 Å². The topological polar surface area (TPSA) is 38.3 Å². The van der Waals surface area contributed by atoms with E-state index in [1.807, 2.05) is 11.8 Å². The molecule has 1 fully saturated rings. The van der Waals surface area contributed by atoms with Crippen LogP contribution in [0.2, 0.25) is 0 Å². The van der Waals surface area contributed by atoms with Crippen LogP contribution < -0.4 is 5.32 Å². The summed E-state index contributed by atoms with van der Waals surface area (Å²) in [6.07, 6.45) is 2.62. The Morgan fingerprint density at radius 1 is 1.57 bits per heavy atom. The lowest BCUT2D eigenvalue weighted by Crippen LogP contribution is -2.44. The van der Waals surface area contributed by atoms with Crippen LogP contribution in [0.15, 0.2) is 0 Å². The van der Waals surface area contributed by atoms with Crippen molar-refractivity contribution in [2.24, 2.45) is 0 Å². The SMILES string of the molecule is CCCCOC(=O)CCSC1CNC1. The molecule has 1 aliphatic heterocycles. The Morgan fingerprint density at radius 3 is 2.93 bits per heavy atom. The van der Waals surface area contributed by atoms with Crippen molar-refractivity contribution in [3.8, 4) is 0 Å². The van der Waals surface area contributed by atoms with Crippen LogP contribution in [0.25, 0.3) is 0 Å². The van der Waals surface area contributed by atoms with Crippen LogP contribution in [0.4, 0.5) is 0 Å². The lowest BCUT2D eigenvalue weighted by atomic mass is 10.3. The zero-order chi connectivity index (χ0) is 10.2. The van der Waals surface area contributed by atoms with E-state index in [4.69, 9.17) is 4.74 Å². The smallest absolute Gasteiger partial charge is 0.306 e. The minimum atomic E-state index is -0.0433. The highest BCUT2D eigenvalue weighted by atomic mass is 32.2. The Bertz CT molecular complexity index is 172. The summed E-state index contributed by atoms with van der Waals surface area (Å²) in [6, 6.07) is 0. The number of carbonyl (C=O) groups is 1. The Hall–Kier alpha value is -0.220. The number of carbonyl (C=O) groups excluding carboxylic acids is 1. The number of nitrogens with one attached hydrogen (secondary N) is 1. The molecule has 0 atom stereocenters. The molecule has 1 rings (SSSR count). The Kier molecular flexibility index (Phi) is 6.03. The highest BCUT2D eigenvalue weighted by Crippen LogP contribution is 2.15. The Morgan fingerprint density at radius 2 is 2.36 bits per heavy atom. The molecular weight excluding hydrogens is 198 g/mol. The number of thioether (sulfide) groups is 1. The molecule has 3 nitrogen and oxygen atoms in total. The average Bonchev–Trinajstić information content (AvgIpc) is 2.10. The van der Waals surface area contributed by atoms with Gasteiger partial charge in [-0.25, -0.2) is 0 Å². The number of rotatable bonds is 7. The summed E-state index contributed by atoms with van der Waals surface area (Å²) in [5.74, 6) is 0.857. The number of ether oxygens (including phenoxy) is 1. The van der Waals surface area contributed by atoms with Gasteiger partial charge >= 0.3 is 5.97 Å². The first-order valence-corrected chi connectivity index (χ1v) is 6.35. The largest absolute Gasteiger partial charge is 0.466 e. The van der Waals surface area contributed by atoms with Crippen molar-refractivity contribution in [3.05, 3.63) is 0 Å². The molecule has 0 amide bonds. The minimum absolute atomic E-state index is 0.0433. The fourth-order valence-corrected chi connectivity index (χ4v) is 2.18. The molecule has 1 N–H and O–H groups in total. The van der Waals surface area contributed by atoms with E-state index < -0.39 is 0 Å². The minimum Gasteiger partial charge on any atom is -0.466 e. The van der Waals surface area contributed by atoms with Gasteiger partial charge in [-0.2, -0.15) is 11.8 Å². The van der Waals surface area contributed by atoms with E-state index in [2.05, 4.69) is 12.2 Å². The maximum atomic E-state index is 11.2. The maximum Gasteiger partial charge on any atom is 0.306 e. The van der Waals surface area contributed by atoms with Gasteiger partial charge in [-0.3, -0.25) is 4.79 Å². The third-order valence-electron chi connectivity index (χ3n) is 2.16.